The average molecular weight is 364 g/mol. The van der Waals surface area contributed by atoms with Crippen LogP contribution in [0.2, 0.25) is 0 Å². The molecule has 0 unspecified atom stereocenters. The molecule has 0 saturated carbocycles. The van der Waals surface area contributed by atoms with Crippen LogP contribution in [0, 0.1) is 13.0 Å². The van der Waals surface area contributed by atoms with Crippen LogP contribution >= 0.6 is 15.9 Å². The number of aryl methyl sites for hydroxylation is 1. The highest BCUT2D eigenvalue weighted by Crippen LogP contribution is 2.44. The number of alkyl halides is 5. The second-order valence-electron chi connectivity index (χ2n) is 4.56. The first-order chi connectivity index (χ1) is 9.63. The van der Waals surface area contributed by atoms with Gasteiger partial charge in [-0.15, -0.1) is 0 Å². The van der Waals surface area contributed by atoms with Gasteiger partial charge in [0.1, 0.15) is 0 Å². The van der Waals surface area contributed by atoms with Crippen molar-refractivity contribution in [3.8, 4) is 11.1 Å². The zero-order valence-corrected chi connectivity index (χ0v) is 12.3. The maximum atomic E-state index is 13.4. The lowest BCUT2D eigenvalue weighted by Crippen LogP contribution is -2.33. The Labute approximate surface area is 126 Å². The van der Waals surface area contributed by atoms with Gasteiger partial charge in [0.2, 0.25) is 0 Å². The van der Waals surface area contributed by atoms with E-state index in [9.17, 15) is 22.0 Å². The molecule has 0 aliphatic heterocycles. The van der Waals surface area contributed by atoms with E-state index in [1.165, 1.54) is 12.1 Å². The highest BCUT2D eigenvalue weighted by atomic mass is 79.9. The van der Waals surface area contributed by atoms with Gasteiger partial charge in [0.25, 0.3) is 0 Å². The molecule has 0 aromatic heterocycles. The van der Waals surface area contributed by atoms with Gasteiger partial charge in [0.05, 0.1) is 0 Å². The normalized spacial score (nSPS) is 12.5. The number of rotatable bonds is 2. The molecule has 0 amide bonds. The Balaban J connectivity index is 2.55. The van der Waals surface area contributed by atoms with Crippen LogP contribution in [0.5, 0.6) is 0 Å². The number of halogens is 6. The molecule has 0 bridgehead atoms. The molecule has 111 valence electrons. The first kappa shape index (κ1) is 15.9. The van der Waals surface area contributed by atoms with Gasteiger partial charge >= 0.3 is 12.1 Å². The van der Waals surface area contributed by atoms with Crippen molar-refractivity contribution in [2.24, 2.45) is 0 Å². The van der Waals surface area contributed by atoms with Gasteiger partial charge in [-0.3, -0.25) is 0 Å². The molecule has 2 aromatic rings. The number of benzene rings is 2. The van der Waals surface area contributed by atoms with Gasteiger partial charge in [0, 0.05) is 10.0 Å². The van der Waals surface area contributed by atoms with E-state index in [4.69, 9.17) is 0 Å². The van der Waals surface area contributed by atoms with Crippen LogP contribution < -0.4 is 0 Å². The molecule has 0 N–H and O–H groups in total. The van der Waals surface area contributed by atoms with Crippen LogP contribution in [0.3, 0.4) is 0 Å². The van der Waals surface area contributed by atoms with E-state index in [-0.39, 0.29) is 5.56 Å². The monoisotopic (exact) mass is 363 g/mol. The molecule has 0 heterocycles. The summed E-state index contributed by atoms with van der Waals surface area (Å²) >= 11 is 3.22. The fourth-order valence-corrected chi connectivity index (χ4v) is 2.30. The Morgan fingerprint density at radius 1 is 1.05 bits per heavy atom. The summed E-state index contributed by atoms with van der Waals surface area (Å²) in [6.45, 7) is 1.78. The second-order valence-corrected chi connectivity index (χ2v) is 5.35. The Morgan fingerprint density at radius 2 is 1.71 bits per heavy atom. The highest BCUT2D eigenvalue weighted by molar-refractivity contribution is 9.10. The third-order valence-electron chi connectivity index (χ3n) is 2.93. The third kappa shape index (κ3) is 3.10. The molecule has 2 rings (SSSR count). The van der Waals surface area contributed by atoms with Crippen LogP contribution in [0.4, 0.5) is 22.0 Å². The molecule has 2 aromatic carbocycles. The lowest BCUT2D eigenvalue weighted by atomic mass is 9.99. The third-order valence-corrected chi connectivity index (χ3v) is 3.58. The quantitative estimate of drug-likeness (QED) is 0.584. The van der Waals surface area contributed by atoms with E-state index in [0.29, 0.717) is 10.0 Å². The fraction of sp³-hybridized carbons (Fsp3) is 0.200. The molecule has 0 fully saturated rings. The minimum Gasteiger partial charge on any atom is -0.191 e. The summed E-state index contributed by atoms with van der Waals surface area (Å²) < 4.78 is 64.6. The molecule has 21 heavy (non-hydrogen) atoms. The van der Waals surface area contributed by atoms with Gasteiger partial charge in [0.15, 0.2) is 0 Å². The van der Waals surface area contributed by atoms with E-state index < -0.39 is 17.7 Å². The van der Waals surface area contributed by atoms with Crippen molar-refractivity contribution in [3.63, 3.8) is 0 Å². The minimum absolute atomic E-state index is 0.267. The van der Waals surface area contributed by atoms with E-state index in [0.717, 1.165) is 17.7 Å². The van der Waals surface area contributed by atoms with E-state index in [2.05, 4.69) is 22.0 Å². The van der Waals surface area contributed by atoms with E-state index >= 15 is 0 Å². The Kier molecular flexibility index (Phi) is 4.10. The van der Waals surface area contributed by atoms with Gasteiger partial charge in [-0.1, -0.05) is 30.3 Å². The van der Waals surface area contributed by atoms with Gasteiger partial charge < -0.3 is 0 Å². The van der Waals surface area contributed by atoms with Gasteiger partial charge in [-0.05, 0) is 51.7 Å². The zero-order chi connectivity index (χ0) is 15.8. The fourth-order valence-electron chi connectivity index (χ4n) is 1.84. The molecule has 0 aliphatic carbocycles. The van der Waals surface area contributed by atoms with Crippen molar-refractivity contribution in [1.29, 1.82) is 0 Å². The highest BCUT2D eigenvalue weighted by Gasteiger charge is 2.58. The lowest BCUT2D eigenvalue weighted by molar-refractivity contribution is -0.289. The summed E-state index contributed by atoms with van der Waals surface area (Å²) in [5, 5.41) is 0. The second kappa shape index (κ2) is 5.40. The summed E-state index contributed by atoms with van der Waals surface area (Å²) in [6.07, 6.45) is -5.62. The Morgan fingerprint density at radius 3 is 2.33 bits per heavy atom. The molecule has 6 heteroatoms. The molecule has 0 atom stereocenters. The van der Waals surface area contributed by atoms with Crippen LogP contribution in [0.1, 0.15) is 11.1 Å². The van der Waals surface area contributed by atoms with Crippen molar-refractivity contribution < 1.29 is 22.0 Å². The lowest BCUT2D eigenvalue weighted by Gasteiger charge is -2.20. The largest absolute Gasteiger partial charge is 0.458 e. The van der Waals surface area contributed by atoms with Crippen LogP contribution in [-0.4, -0.2) is 6.18 Å². The number of hydrogen-bond donors (Lipinski definition) is 0. The van der Waals surface area contributed by atoms with Crippen molar-refractivity contribution >= 4 is 15.9 Å². The molecule has 0 spiro atoms. The first-order valence-corrected chi connectivity index (χ1v) is 6.65. The van der Waals surface area contributed by atoms with Crippen molar-refractivity contribution in [3.05, 3.63) is 58.1 Å². The maximum absolute atomic E-state index is 13.4. The Hall–Kier alpha value is -1.43. The predicted octanol–water partition coefficient (Wildman–Crippen LogP) is 5.88. The van der Waals surface area contributed by atoms with Crippen molar-refractivity contribution in [1.82, 2.24) is 0 Å². The number of hydrogen-bond acceptors (Lipinski definition) is 0. The minimum atomic E-state index is -5.62. The molecule has 1 radical (unpaired) electrons. The molecular weight excluding hydrogens is 355 g/mol. The van der Waals surface area contributed by atoms with Crippen LogP contribution in [-0.2, 0) is 5.92 Å². The SMILES string of the molecule is Cc1c[c]c(Br)c(-c2cccc(C(F)(F)C(F)(F)F)c2)c1. The predicted molar refractivity (Wildman–Crippen MR) is 73.1 cm³/mol. The first-order valence-electron chi connectivity index (χ1n) is 5.86. The van der Waals surface area contributed by atoms with Crippen LogP contribution in [0.15, 0.2) is 40.9 Å². The van der Waals surface area contributed by atoms with Crippen LogP contribution in [0.25, 0.3) is 11.1 Å². The summed E-state index contributed by atoms with van der Waals surface area (Å²) in [7, 11) is 0. The average Bonchev–Trinajstić information content (AvgIpc) is 2.40. The summed E-state index contributed by atoms with van der Waals surface area (Å²) in [6, 6.07) is 10.5. The molecule has 0 saturated heterocycles. The smallest absolute Gasteiger partial charge is 0.191 e. The molecule has 0 nitrogen and oxygen atoms in total. The zero-order valence-electron chi connectivity index (χ0n) is 10.7. The maximum Gasteiger partial charge on any atom is 0.458 e. The molecule has 0 aliphatic rings. The van der Waals surface area contributed by atoms with E-state index in [1.54, 1.807) is 19.1 Å². The Bertz CT molecular complexity index is 661. The van der Waals surface area contributed by atoms with Gasteiger partial charge in [-0.25, -0.2) is 0 Å². The summed E-state index contributed by atoms with van der Waals surface area (Å²) in [5.74, 6) is -4.89. The standard InChI is InChI=1S/C15H9BrF5/c1-9-5-6-13(16)12(7-9)10-3-2-4-11(8-10)14(17,18)15(19,20)21/h2-5,7-8H,1H3. The van der Waals surface area contributed by atoms with E-state index in [1.807, 2.05) is 0 Å². The summed E-state index contributed by atoms with van der Waals surface area (Å²) in [4.78, 5) is 0. The topological polar surface area (TPSA) is 0 Å². The summed E-state index contributed by atoms with van der Waals surface area (Å²) in [5.41, 5.74) is 0.514. The van der Waals surface area contributed by atoms with Gasteiger partial charge in [-0.2, -0.15) is 22.0 Å². The van der Waals surface area contributed by atoms with Crippen molar-refractivity contribution in [2.45, 2.75) is 19.0 Å². The molecular formula is C15H9BrF5. The van der Waals surface area contributed by atoms with Crippen molar-refractivity contribution in [2.75, 3.05) is 0 Å².